The van der Waals surface area contributed by atoms with Crippen molar-refractivity contribution in [1.29, 1.82) is 0 Å². The zero-order chi connectivity index (χ0) is 15.0. The summed E-state index contributed by atoms with van der Waals surface area (Å²) in [6.07, 6.45) is 1.64. The molecule has 110 valence electrons. The average Bonchev–Trinajstić information content (AvgIpc) is 2.92. The first kappa shape index (κ1) is 14.3. The number of amides is 2. The van der Waals surface area contributed by atoms with Crippen molar-refractivity contribution in [3.8, 4) is 0 Å². The van der Waals surface area contributed by atoms with Crippen LogP contribution in [0.3, 0.4) is 0 Å². The second-order valence-corrected chi connectivity index (χ2v) is 6.38. The number of carbonyl (C=O) groups excluding carboxylic acids is 2. The molecular formula is C14H14ClN3O2S. The molecule has 0 spiro atoms. The van der Waals surface area contributed by atoms with Crippen LogP contribution in [0.4, 0.5) is 0 Å². The van der Waals surface area contributed by atoms with E-state index in [1.165, 1.54) is 11.3 Å². The Kier molecular flexibility index (Phi) is 3.82. The summed E-state index contributed by atoms with van der Waals surface area (Å²) in [4.78, 5) is 32.2. The molecule has 0 N–H and O–H groups in total. The molecular weight excluding hydrogens is 310 g/mol. The minimum absolute atomic E-state index is 0.0164. The zero-order valence-corrected chi connectivity index (χ0v) is 13.1. The van der Waals surface area contributed by atoms with Gasteiger partial charge in [0.25, 0.3) is 5.91 Å². The predicted molar refractivity (Wildman–Crippen MR) is 82.8 cm³/mol. The minimum Gasteiger partial charge on any atom is -0.339 e. The Morgan fingerprint density at radius 1 is 1.24 bits per heavy atom. The summed E-state index contributed by atoms with van der Waals surface area (Å²) in [5.41, 5.74) is 0.748. The number of rotatable bonds is 1. The number of piperazine rings is 1. The first-order valence-electron chi connectivity index (χ1n) is 6.65. The molecule has 2 aromatic rings. The zero-order valence-electron chi connectivity index (χ0n) is 11.5. The highest BCUT2D eigenvalue weighted by molar-refractivity contribution is 7.21. The fourth-order valence-corrected chi connectivity index (χ4v) is 3.65. The number of halogens is 1. The van der Waals surface area contributed by atoms with Gasteiger partial charge in [0, 0.05) is 39.3 Å². The van der Waals surface area contributed by atoms with E-state index in [1.54, 1.807) is 35.1 Å². The summed E-state index contributed by atoms with van der Waals surface area (Å²) < 4.78 is 0.838. The Hall–Kier alpha value is -1.66. The van der Waals surface area contributed by atoms with Gasteiger partial charge in [0.1, 0.15) is 0 Å². The van der Waals surface area contributed by atoms with Crippen LogP contribution in [-0.2, 0) is 4.79 Å². The van der Waals surface area contributed by atoms with Crippen LogP contribution in [0.1, 0.15) is 16.6 Å². The van der Waals surface area contributed by atoms with Crippen molar-refractivity contribution < 1.29 is 9.59 Å². The highest BCUT2D eigenvalue weighted by Gasteiger charge is 2.24. The molecule has 2 amide bonds. The topological polar surface area (TPSA) is 53.5 Å². The second-order valence-electron chi connectivity index (χ2n) is 4.92. The fraction of sp³-hybridized carbons (Fsp3) is 0.357. The molecule has 1 aliphatic heterocycles. The minimum atomic E-state index is -0.0164. The van der Waals surface area contributed by atoms with Crippen molar-refractivity contribution in [3.63, 3.8) is 0 Å². The van der Waals surface area contributed by atoms with E-state index in [4.69, 9.17) is 11.6 Å². The van der Waals surface area contributed by atoms with Crippen molar-refractivity contribution in [3.05, 3.63) is 28.2 Å². The van der Waals surface area contributed by atoms with Gasteiger partial charge in [0.05, 0.1) is 20.1 Å². The van der Waals surface area contributed by atoms with Crippen LogP contribution < -0.4 is 0 Å². The molecule has 3 rings (SSSR count). The lowest BCUT2D eigenvalue weighted by molar-refractivity contribution is -0.130. The maximum atomic E-state index is 12.5. The van der Waals surface area contributed by atoms with E-state index >= 15 is 0 Å². The van der Waals surface area contributed by atoms with Gasteiger partial charge in [0.2, 0.25) is 5.91 Å². The third-order valence-corrected chi connectivity index (χ3v) is 5.16. The molecule has 0 unspecified atom stereocenters. The summed E-state index contributed by atoms with van der Waals surface area (Å²) in [6.45, 7) is 3.86. The van der Waals surface area contributed by atoms with Crippen molar-refractivity contribution in [2.45, 2.75) is 6.92 Å². The standard InChI is InChI=1S/C14H14ClN3O2S/c1-9(19)17-4-6-18(7-5-17)14(20)12-8-11-13(21-12)10(15)2-3-16-11/h2-3,8H,4-7H2,1H3. The number of hydrogen-bond donors (Lipinski definition) is 0. The molecule has 1 saturated heterocycles. The molecule has 0 aliphatic carbocycles. The van der Waals surface area contributed by atoms with Crippen LogP contribution in [0.2, 0.25) is 5.02 Å². The molecule has 0 bridgehead atoms. The molecule has 5 nitrogen and oxygen atoms in total. The monoisotopic (exact) mass is 323 g/mol. The number of aromatic nitrogens is 1. The van der Waals surface area contributed by atoms with Crippen molar-refractivity contribution >= 4 is 45.0 Å². The number of carbonyl (C=O) groups is 2. The lowest BCUT2D eigenvalue weighted by Gasteiger charge is -2.33. The molecule has 0 aromatic carbocycles. The highest BCUT2D eigenvalue weighted by atomic mass is 35.5. The Labute approximate surface area is 131 Å². The van der Waals surface area contributed by atoms with Crippen LogP contribution in [0.15, 0.2) is 18.3 Å². The summed E-state index contributed by atoms with van der Waals surface area (Å²) >= 11 is 7.48. The van der Waals surface area contributed by atoms with Crippen molar-refractivity contribution in [2.75, 3.05) is 26.2 Å². The fourth-order valence-electron chi connectivity index (χ4n) is 2.39. The second kappa shape index (κ2) is 5.61. The van der Waals surface area contributed by atoms with Gasteiger partial charge in [-0.15, -0.1) is 11.3 Å². The number of hydrogen-bond acceptors (Lipinski definition) is 4. The van der Waals surface area contributed by atoms with Crippen LogP contribution in [-0.4, -0.2) is 52.8 Å². The number of pyridine rings is 1. The SMILES string of the molecule is CC(=O)N1CCN(C(=O)c2cc3nccc(Cl)c3s2)CC1. The smallest absolute Gasteiger partial charge is 0.264 e. The molecule has 2 aromatic heterocycles. The van der Waals surface area contributed by atoms with Gasteiger partial charge >= 0.3 is 0 Å². The number of nitrogens with zero attached hydrogens (tertiary/aromatic N) is 3. The first-order chi connectivity index (χ1) is 10.1. The van der Waals surface area contributed by atoms with Gasteiger partial charge in [-0.2, -0.15) is 0 Å². The molecule has 7 heteroatoms. The van der Waals surface area contributed by atoms with Crippen LogP contribution >= 0.6 is 22.9 Å². The van der Waals surface area contributed by atoms with Gasteiger partial charge in [0.15, 0.2) is 0 Å². The van der Waals surface area contributed by atoms with E-state index in [-0.39, 0.29) is 11.8 Å². The normalized spacial score (nSPS) is 15.5. The van der Waals surface area contributed by atoms with Crippen LogP contribution in [0, 0.1) is 0 Å². The van der Waals surface area contributed by atoms with E-state index in [1.807, 2.05) is 0 Å². The Morgan fingerprint density at radius 2 is 1.90 bits per heavy atom. The molecule has 0 radical (unpaired) electrons. The summed E-state index contributed by atoms with van der Waals surface area (Å²) in [7, 11) is 0. The van der Waals surface area contributed by atoms with E-state index < -0.39 is 0 Å². The number of fused-ring (bicyclic) bond motifs is 1. The maximum absolute atomic E-state index is 12.5. The van der Waals surface area contributed by atoms with E-state index in [0.717, 1.165) is 10.2 Å². The van der Waals surface area contributed by atoms with Crippen LogP contribution in [0.25, 0.3) is 10.2 Å². The molecule has 0 atom stereocenters. The summed E-state index contributed by atoms with van der Waals surface area (Å²) in [6, 6.07) is 3.51. The Bertz CT molecular complexity index is 707. The molecule has 1 fully saturated rings. The van der Waals surface area contributed by atoms with E-state index in [0.29, 0.717) is 36.1 Å². The van der Waals surface area contributed by atoms with Gasteiger partial charge in [-0.1, -0.05) is 11.6 Å². The molecule has 3 heterocycles. The predicted octanol–water partition coefficient (Wildman–Crippen LogP) is 2.25. The highest BCUT2D eigenvalue weighted by Crippen LogP contribution is 2.31. The summed E-state index contributed by atoms with van der Waals surface area (Å²) in [5.74, 6) is 0.0391. The van der Waals surface area contributed by atoms with Crippen LogP contribution in [0.5, 0.6) is 0 Å². The summed E-state index contributed by atoms with van der Waals surface area (Å²) in [5, 5.41) is 0.616. The Morgan fingerprint density at radius 3 is 2.52 bits per heavy atom. The quantitative estimate of drug-likeness (QED) is 0.809. The van der Waals surface area contributed by atoms with Crippen molar-refractivity contribution in [2.24, 2.45) is 0 Å². The maximum Gasteiger partial charge on any atom is 0.264 e. The van der Waals surface area contributed by atoms with Crippen molar-refractivity contribution in [1.82, 2.24) is 14.8 Å². The van der Waals surface area contributed by atoms with E-state index in [2.05, 4.69) is 4.98 Å². The lowest BCUT2D eigenvalue weighted by atomic mass is 10.3. The van der Waals surface area contributed by atoms with Gasteiger partial charge in [-0.3, -0.25) is 14.6 Å². The average molecular weight is 324 g/mol. The molecule has 0 saturated carbocycles. The number of thiophene rings is 1. The first-order valence-corrected chi connectivity index (χ1v) is 7.84. The largest absolute Gasteiger partial charge is 0.339 e. The Balaban J connectivity index is 1.78. The lowest BCUT2D eigenvalue weighted by Crippen LogP contribution is -2.49. The van der Waals surface area contributed by atoms with Gasteiger partial charge in [-0.25, -0.2) is 0 Å². The van der Waals surface area contributed by atoms with Gasteiger partial charge in [-0.05, 0) is 12.1 Å². The third kappa shape index (κ3) is 2.73. The molecule has 1 aliphatic rings. The molecule has 21 heavy (non-hydrogen) atoms. The van der Waals surface area contributed by atoms with E-state index in [9.17, 15) is 9.59 Å². The third-order valence-electron chi connectivity index (χ3n) is 3.59. The van der Waals surface area contributed by atoms with Gasteiger partial charge < -0.3 is 9.80 Å².